The third kappa shape index (κ3) is 35.8. The van der Waals surface area contributed by atoms with Crippen LogP contribution < -0.4 is 21.5 Å². The van der Waals surface area contributed by atoms with Crippen LogP contribution in [0.25, 0.3) is 0 Å². The molecule has 3 atom stereocenters. The quantitative estimate of drug-likeness (QED) is 0.0354. The van der Waals surface area contributed by atoms with Crippen molar-refractivity contribution >= 4 is 23.9 Å². The highest BCUT2D eigenvalue weighted by atomic mass is 35.5. The van der Waals surface area contributed by atoms with Gasteiger partial charge in [-0.2, -0.15) is 0 Å². The summed E-state index contributed by atoms with van der Waals surface area (Å²) in [5.74, 6) is -0.597. The van der Waals surface area contributed by atoms with Crippen molar-refractivity contribution in [1.29, 1.82) is 0 Å². The monoisotopic (exact) mass is 946 g/mol. The lowest BCUT2D eigenvalue weighted by molar-refractivity contribution is -0.671. The number of unbranched alkanes of at least 4 members (excludes halogenated alkanes) is 2. The normalized spacial score (nSPS) is 12.4. The Morgan fingerprint density at radius 3 is 1.35 bits per heavy atom. The van der Waals surface area contributed by atoms with Crippen molar-refractivity contribution < 1.29 is 59.7 Å². The molecule has 2 aromatic heterocycles. The molecule has 0 aliphatic heterocycles. The van der Waals surface area contributed by atoms with Crippen molar-refractivity contribution in [2.45, 2.75) is 173 Å². The minimum Gasteiger partial charge on any atom is -1.00 e. The Balaban J connectivity index is 0. The summed E-state index contributed by atoms with van der Waals surface area (Å²) in [5.41, 5.74) is 5.18. The second-order valence-electron chi connectivity index (χ2n) is 17.9. The third-order valence-corrected chi connectivity index (χ3v) is 10.7. The summed E-state index contributed by atoms with van der Waals surface area (Å²) in [6.45, 7) is 25.0. The number of allylic oxidation sites excluding steroid dienone is 6. The van der Waals surface area contributed by atoms with Crippen molar-refractivity contribution in [2.24, 2.45) is 31.8 Å². The third-order valence-electron chi connectivity index (χ3n) is 10.7. The number of imidazole rings is 2. The fraction of sp³-hybridized carbons (Fsp3) is 0.660. The fourth-order valence-electron chi connectivity index (χ4n) is 6.26. The van der Waals surface area contributed by atoms with Crippen LogP contribution in [0.15, 0.2) is 84.0 Å². The van der Waals surface area contributed by atoms with Gasteiger partial charge in [-0.15, -0.1) is 0 Å². The topological polar surface area (TPSA) is 123 Å². The van der Waals surface area contributed by atoms with Gasteiger partial charge in [-0.1, -0.05) is 108 Å². The van der Waals surface area contributed by atoms with E-state index in [0.29, 0.717) is 38.3 Å². The zero-order valence-corrected chi connectivity index (χ0v) is 44.1. The van der Waals surface area contributed by atoms with Gasteiger partial charge in [0.05, 0.1) is 39.6 Å². The number of hydrogen-bond donors (Lipinski definition) is 0. The molecule has 66 heavy (non-hydrogen) atoms. The van der Waals surface area contributed by atoms with E-state index < -0.39 is 5.92 Å². The lowest BCUT2D eigenvalue weighted by atomic mass is 10.0. The summed E-state index contributed by atoms with van der Waals surface area (Å²) in [7, 11) is 3.83. The van der Waals surface area contributed by atoms with Crippen LogP contribution in [0.1, 0.15) is 160 Å². The first kappa shape index (κ1) is 63.6. The number of carbonyl (C=O) groups excluding carboxylic acids is 4. The largest absolute Gasteiger partial charge is 1.00 e. The molecule has 0 saturated carbocycles. The molecule has 0 radical (unpaired) electrons. The molecule has 13 heteroatoms. The molecule has 3 unspecified atom stereocenters. The van der Waals surface area contributed by atoms with Gasteiger partial charge in [-0.3, -0.25) is 9.59 Å². The Hall–Kier alpha value is -4.45. The number of rotatable bonds is 29. The van der Waals surface area contributed by atoms with E-state index in [2.05, 4.69) is 81.4 Å². The van der Waals surface area contributed by atoms with E-state index in [1.54, 1.807) is 16.1 Å². The van der Waals surface area contributed by atoms with Crippen LogP contribution >= 0.6 is 0 Å². The van der Waals surface area contributed by atoms with E-state index in [9.17, 15) is 19.2 Å². The number of aryl methyl sites for hydroxylation is 2. The van der Waals surface area contributed by atoms with Crippen LogP contribution in [0.3, 0.4) is 0 Å². The minimum absolute atomic E-state index is 0. The van der Waals surface area contributed by atoms with Crippen LogP contribution in [0.5, 0.6) is 0 Å². The molecule has 0 aromatic carbocycles. The van der Waals surface area contributed by atoms with Gasteiger partial charge in [-0.25, -0.2) is 27.9 Å². The van der Waals surface area contributed by atoms with E-state index in [1.165, 1.54) is 22.3 Å². The van der Waals surface area contributed by atoms with Gasteiger partial charge in [0, 0.05) is 0 Å². The van der Waals surface area contributed by atoms with Crippen molar-refractivity contribution in [3.63, 3.8) is 0 Å². The average molecular weight is 947 g/mol. The molecule has 2 rings (SSSR count). The first-order chi connectivity index (χ1) is 30.9. The fourth-order valence-corrected chi connectivity index (χ4v) is 6.26. The van der Waals surface area contributed by atoms with E-state index in [-0.39, 0.29) is 55.8 Å². The molecule has 2 aromatic rings. The van der Waals surface area contributed by atoms with Gasteiger partial charge in [0.15, 0.2) is 13.1 Å². The Bertz CT molecular complexity index is 1660. The summed E-state index contributed by atoms with van der Waals surface area (Å²) >= 11 is 0. The maximum absolute atomic E-state index is 12.1. The molecule has 2 heterocycles. The summed E-state index contributed by atoms with van der Waals surface area (Å²) < 4.78 is 28.5. The van der Waals surface area contributed by atoms with Crippen LogP contribution in [0, 0.1) is 17.8 Å². The standard InChI is InChI=1S/C21H40O4.2C16H25N2O2.ClH/c1-6-10-12-18(8-3)15-24-20(22)14-17(5)21(23)25-16-19(9-4)13-11-7-2;2*1-14(2)6-5-7-15(3)8-11-20-16(19)12-18-10-9-17(4)13-18;/h17-19H,6-16H2,1-5H3;2*6,8-10,13H,5,7,11-12H2,1-4H3;1H/q;2*+1;/p-1/b;2*15-8+;. The Morgan fingerprint density at radius 1 is 0.591 bits per heavy atom. The zero-order chi connectivity index (χ0) is 49.0. The van der Waals surface area contributed by atoms with Gasteiger partial charge >= 0.3 is 23.9 Å². The molecule has 0 amide bonds. The van der Waals surface area contributed by atoms with Crippen molar-refractivity contribution in [3.8, 4) is 0 Å². The summed E-state index contributed by atoms with van der Waals surface area (Å²) in [6, 6.07) is 0. The number of carbonyl (C=O) groups is 4. The number of hydrogen-bond acceptors (Lipinski definition) is 8. The number of aromatic nitrogens is 4. The number of nitrogens with zero attached hydrogens (tertiary/aromatic N) is 4. The predicted octanol–water partition coefficient (Wildman–Crippen LogP) is 7.63. The second-order valence-corrected chi connectivity index (χ2v) is 17.9. The van der Waals surface area contributed by atoms with Gasteiger partial charge in [0.2, 0.25) is 12.7 Å². The lowest BCUT2D eigenvalue weighted by Crippen LogP contribution is -3.00. The first-order valence-corrected chi connectivity index (χ1v) is 24.2. The van der Waals surface area contributed by atoms with E-state index in [1.807, 2.05) is 72.8 Å². The molecule has 0 saturated heterocycles. The smallest absolute Gasteiger partial charge is 0.348 e. The maximum Gasteiger partial charge on any atom is 0.348 e. The van der Waals surface area contributed by atoms with Crippen molar-refractivity contribution in [2.75, 3.05) is 26.4 Å². The van der Waals surface area contributed by atoms with E-state index >= 15 is 0 Å². The SMILES string of the molecule is CC(C)=CCC/C(C)=C/COC(=O)Cn1cc[n+](C)c1.CC(C)=CCC/C(C)=C/COC(=O)Cn1cc[n+](C)c1.CCCCC(CC)COC(=O)CC(C)C(=O)OCC(CC)CCCC.[Cl-]. The lowest BCUT2D eigenvalue weighted by Gasteiger charge is -2.18. The molecule has 0 aliphatic rings. The van der Waals surface area contributed by atoms with Crippen molar-refractivity contribution in [3.05, 3.63) is 84.0 Å². The van der Waals surface area contributed by atoms with Crippen LogP contribution in [-0.2, 0) is 65.3 Å². The zero-order valence-electron chi connectivity index (χ0n) is 43.4. The molecule has 376 valence electrons. The highest BCUT2D eigenvalue weighted by molar-refractivity contribution is 5.79. The highest BCUT2D eigenvalue weighted by Crippen LogP contribution is 2.17. The second kappa shape index (κ2) is 39.7. The van der Waals surface area contributed by atoms with Gasteiger partial charge in [0.25, 0.3) is 0 Å². The number of esters is 4. The average Bonchev–Trinajstić information content (AvgIpc) is 3.86. The Labute approximate surface area is 406 Å². The molecule has 0 bridgehead atoms. The predicted molar refractivity (Wildman–Crippen MR) is 260 cm³/mol. The summed E-state index contributed by atoms with van der Waals surface area (Å²) in [4.78, 5) is 47.3. The molecular formula is C53H90ClN4O8+. The van der Waals surface area contributed by atoms with Crippen LogP contribution in [0.2, 0.25) is 0 Å². The number of ether oxygens (including phenoxy) is 4. The van der Waals surface area contributed by atoms with E-state index in [0.717, 1.165) is 77.0 Å². The summed E-state index contributed by atoms with van der Waals surface area (Å²) in [5, 5.41) is 0. The Morgan fingerprint density at radius 2 is 1.00 bits per heavy atom. The molecule has 12 nitrogen and oxygen atoms in total. The Kier molecular flexibility index (Phi) is 38.3. The first-order valence-electron chi connectivity index (χ1n) is 24.2. The molecular weight excluding hydrogens is 856 g/mol. The summed E-state index contributed by atoms with van der Waals surface area (Å²) in [6.07, 6.45) is 32.6. The number of halogens is 1. The van der Waals surface area contributed by atoms with E-state index in [4.69, 9.17) is 18.9 Å². The van der Waals surface area contributed by atoms with Gasteiger partial charge in [0.1, 0.15) is 38.0 Å². The highest BCUT2D eigenvalue weighted by Gasteiger charge is 2.21. The van der Waals surface area contributed by atoms with Crippen LogP contribution in [0.4, 0.5) is 0 Å². The molecule has 0 N–H and O–H groups in total. The van der Waals surface area contributed by atoms with Crippen LogP contribution in [-0.4, -0.2) is 59.4 Å². The maximum atomic E-state index is 12.1. The van der Waals surface area contributed by atoms with Gasteiger partial charge < -0.3 is 31.4 Å². The molecule has 0 spiro atoms. The minimum atomic E-state index is -0.438. The van der Waals surface area contributed by atoms with Crippen molar-refractivity contribution in [1.82, 2.24) is 9.13 Å². The molecule has 0 fully saturated rings. The molecule has 0 aliphatic carbocycles. The van der Waals surface area contributed by atoms with Gasteiger partial charge in [-0.05, 0) is 104 Å².